The van der Waals surface area contributed by atoms with Crippen LogP contribution < -0.4 is 5.32 Å². The molecule has 1 nitrogen and oxygen atoms in total. The molecule has 18 heavy (non-hydrogen) atoms. The fourth-order valence-electron chi connectivity index (χ4n) is 3.02. The highest BCUT2D eigenvalue weighted by Crippen LogP contribution is 2.33. The van der Waals surface area contributed by atoms with Crippen molar-refractivity contribution in [2.24, 2.45) is 5.92 Å². The van der Waals surface area contributed by atoms with E-state index in [1.54, 1.807) is 0 Å². The van der Waals surface area contributed by atoms with Crippen molar-refractivity contribution >= 4 is 0 Å². The third-order valence-electron chi connectivity index (χ3n) is 4.34. The summed E-state index contributed by atoms with van der Waals surface area (Å²) < 4.78 is 0. The molecule has 1 heterocycles. The predicted octanol–water partition coefficient (Wildman–Crippen LogP) is 4.09. The first kappa shape index (κ1) is 13.6. The van der Waals surface area contributed by atoms with Crippen LogP contribution in [-0.2, 0) is 5.41 Å². The summed E-state index contributed by atoms with van der Waals surface area (Å²) in [6, 6.07) is 9.37. The lowest BCUT2D eigenvalue weighted by atomic mass is 9.78. The van der Waals surface area contributed by atoms with E-state index in [0.29, 0.717) is 0 Å². The smallest absolute Gasteiger partial charge is 0.00148 e. The van der Waals surface area contributed by atoms with Crippen LogP contribution >= 0.6 is 0 Å². The lowest BCUT2D eigenvalue weighted by Crippen LogP contribution is -2.35. The quantitative estimate of drug-likeness (QED) is 0.827. The number of benzene rings is 1. The molecular formula is C17H27N. The van der Waals surface area contributed by atoms with Gasteiger partial charge in [-0.15, -0.1) is 0 Å². The van der Waals surface area contributed by atoms with Gasteiger partial charge in [0.25, 0.3) is 0 Å². The minimum absolute atomic E-state index is 0.261. The fraction of sp³-hybridized carbons (Fsp3) is 0.647. The minimum Gasteiger partial charge on any atom is -0.316 e. The van der Waals surface area contributed by atoms with Gasteiger partial charge in [-0.1, -0.05) is 58.4 Å². The van der Waals surface area contributed by atoms with E-state index in [1.165, 1.54) is 37.1 Å². The minimum atomic E-state index is 0.261. The Morgan fingerprint density at radius 3 is 2.39 bits per heavy atom. The number of hydrogen-bond acceptors (Lipinski definition) is 1. The van der Waals surface area contributed by atoms with Gasteiger partial charge in [-0.25, -0.2) is 0 Å². The third kappa shape index (κ3) is 2.95. The molecule has 1 saturated heterocycles. The summed E-state index contributed by atoms with van der Waals surface area (Å²) in [4.78, 5) is 0. The Labute approximate surface area is 112 Å². The van der Waals surface area contributed by atoms with Gasteiger partial charge in [0.1, 0.15) is 0 Å². The largest absolute Gasteiger partial charge is 0.316 e. The second-order valence-corrected chi connectivity index (χ2v) is 6.64. The lowest BCUT2D eigenvalue weighted by Gasteiger charge is -2.32. The molecule has 0 bridgehead atoms. The highest BCUT2D eigenvalue weighted by Gasteiger charge is 2.25. The maximum Gasteiger partial charge on any atom is -0.00148 e. The molecule has 0 aliphatic carbocycles. The van der Waals surface area contributed by atoms with Crippen LogP contribution in [0.2, 0.25) is 0 Å². The molecule has 0 spiro atoms. The molecule has 1 aliphatic rings. The van der Waals surface area contributed by atoms with E-state index in [1.807, 2.05) is 0 Å². The van der Waals surface area contributed by atoms with E-state index < -0.39 is 0 Å². The van der Waals surface area contributed by atoms with Crippen molar-refractivity contribution in [2.45, 2.75) is 51.9 Å². The molecule has 100 valence electrons. The van der Waals surface area contributed by atoms with Gasteiger partial charge in [-0.2, -0.15) is 0 Å². The number of piperidine rings is 1. The predicted molar refractivity (Wildman–Crippen MR) is 79.2 cm³/mol. The first-order chi connectivity index (χ1) is 8.52. The van der Waals surface area contributed by atoms with E-state index in [2.05, 4.69) is 57.3 Å². The first-order valence-electron chi connectivity index (χ1n) is 7.33. The first-order valence-corrected chi connectivity index (χ1v) is 7.33. The van der Waals surface area contributed by atoms with Crippen LogP contribution in [0.5, 0.6) is 0 Å². The SMILES string of the molecule is CCC1CNCCC1c1ccc(C(C)(C)C)cc1. The normalized spacial score (nSPS) is 25.1. The van der Waals surface area contributed by atoms with Crippen molar-refractivity contribution in [2.75, 3.05) is 13.1 Å². The highest BCUT2D eigenvalue weighted by molar-refractivity contribution is 5.30. The Balaban J connectivity index is 2.18. The molecule has 0 aromatic heterocycles. The molecule has 1 fully saturated rings. The molecule has 1 heteroatoms. The molecule has 1 aromatic rings. The highest BCUT2D eigenvalue weighted by atomic mass is 14.9. The second-order valence-electron chi connectivity index (χ2n) is 6.64. The Morgan fingerprint density at radius 1 is 1.17 bits per heavy atom. The summed E-state index contributed by atoms with van der Waals surface area (Å²) >= 11 is 0. The van der Waals surface area contributed by atoms with E-state index in [9.17, 15) is 0 Å². The Kier molecular flexibility index (Phi) is 4.11. The molecule has 0 radical (unpaired) electrons. The van der Waals surface area contributed by atoms with Crippen LogP contribution in [0.4, 0.5) is 0 Å². The second kappa shape index (κ2) is 5.44. The summed E-state index contributed by atoms with van der Waals surface area (Å²) in [5.74, 6) is 1.56. The summed E-state index contributed by atoms with van der Waals surface area (Å²) in [6.07, 6.45) is 2.56. The van der Waals surface area contributed by atoms with Crippen molar-refractivity contribution in [1.82, 2.24) is 5.32 Å². The van der Waals surface area contributed by atoms with Crippen molar-refractivity contribution in [3.63, 3.8) is 0 Å². The van der Waals surface area contributed by atoms with Crippen LogP contribution in [-0.4, -0.2) is 13.1 Å². The number of rotatable bonds is 2. The Morgan fingerprint density at radius 2 is 1.83 bits per heavy atom. The van der Waals surface area contributed by atoms with Crippen molar-refractivity contribution in [1.29, 1.82) is 0 Å². The Hall–Kier alpha value is -0.820. The van der Waals surface area contributed by atoms with Crippen LogP contribution in [0.3, 0.4) is 0 Å². The van der Waals surface area contributed by atoms with Crippen molar-refractivity contribution < 1.29 is 0 Å². The van der Waals surface area contributed by atoms with Crippen molar-refractivity contribution in [3.8, 4) is 0 Å². The lowest BCUT2D eigenvalue weighted by molar-refractivity contribution is 0.318. The number of nitrogens with one attached hydrogen (secondary N) is 1. The van der Waals surface area contributed by atoms with E-state index in [0.717, 1.165) is 11.8 Å². The van der Waals surface area contributed by atoms with Crippen LogP contribution in [0.1, 0.15) is 57.6 Å². The van der Waals surface area contributed by atoms with Gasteiger partial charge in [0.05, 0.1) is 0 Å². The van der Waals surface area contributed by atoms with Crippen LogP contribution in [0.15, 0.2) is 24.3 Å². The number of hydrogen-bond donors (Lipinski definition) is 1. The average molecular weight is 245 g/mol. The maximum absolute atomic E-state index is 3.52. The molecule has 1 N–H and O–H groups in total. The van der Waals surface area contributed by atoms with Gasteiger partial charge in [-0.3, -0.25) is 0 Å². The molecule has 2 rings (SSSR count). The maximum atomic E-state index is 3.52. The van der Waals surface area contributed by atoms with E-state index in [-0.39, 0.29) is 5.41 Å². The van der Waals surface area contributed by atoms with Crippen LogP contribution in [0.25, 0.3) is 0 Å². The summed E-state index contributed by atoms with van der Waals surface area (Å²) in [5, 5.41) is 3.52. The zero-order chi connectivity index (χ0) is 13.2. The average Bonchev–Trinajstić information content (AvgIpc) is 2.38. The Bertz CT molecular complexity index is 372. The van der Waals surface area contributed by atoms with Gasteiger partial charge in [-0.05, 0) is 47.9 Å². The molecule has 1 aliphatic heterocycles. The summed E-state index contributed by atoms with van der Waals surface area (Å²) in [6.45, 7) is 11.5. The summed E-state index contributed by atoms with van der Waals surface area (Å²) in [7, 11) is 0. The zero-order valence-electron chi connectivity index (χ0n) is 12.3. The van der Waals surface area contributed by atoms with Gasteiger partial charge in [0.15, 0.2) is 0 Å². The van der Waals surface area contributed by atoms with E-state index in [4.69, 9.17) is 0 Å². The molecule has 2 unspecified atom stereocenters. The topological polar surface area (TPSA) is 12.0 Å². The van der Waals surface area contributed by atoms with E-state index >= 15 is 0 Å². The monoisotopic (exact) mass is 245 g/mol. The zero-order valence-corrected chi connectivity index (χ0v) is 12.3. The van der Waals surface area contributed by atoms with Crippen molar-refractivity contribution in [3.05, 3.63) is 35.4 Å². The van der Waals surface area contributed by atoms with Gasteiger partial charge < -0.3 is 5.32 Å². The fourth-order valence-corrected chi connectivity index (χ4v) is 3.02. The van der Waals surface area contributed by atoms with Gasteiger partial charge >= 0.3 is 0 Å². The third-order valence-corrected chi connectivity index (χ3v) is 4.34. The molecule has 0 saturated carbocycles. The molecular weight excluding hydrogens is 218 g/mol. The van der Waals surface area contributed by atoms with Gasteiger partial charge in [0, 0.05) is 0 Å². The standard InChI is InChI=1S/C17H27N/c1-5-13-12-18-11-10-16(13)14-6-8-15(9-7-14)17(2,3)4/h6-9,13,16,18H,5,10-12H2,1-4H3. The molecule has 2 atom stereocenters. The van der Waals surface area contributed by atoms with Crippen LogP contribution in [0, 0.1) is 5.92 Å². The summed E-state index contributed by atoms with van der Waals surface area (Å²) in [5.41, 5.74) is 3.24. The molecule has 1 aromatic carbocycles. The van der Waals surface area contributed by atoms with Gasteiger partial charge in [0.2, 0.25) is 0 Å². The molecule has 0 amide bonds.